The standard InChI is InChI=1S/C11H21NO3/c1-4-10-7-15-9(3)6-12(10)8(2)5-11(13)14/h8-10H,4-7H2,1-3H3,(H,13,14). The molecule has 1 fully saturated rings. The molecule has 0 amide bonds. The summed E-state index contributed by atoms with van der Waals surface area (Å²) in [6.45, 7) is 7.69. The molecule has 1 aliphatic heterocycles. The lowest BCUT2D eigenvalue weighted by Gasteiger charge is -2.41. The topological polar surface area (TPSA) is 49.8 Å². The van der Waals surface area contributed by atoms with E-state index in [1.54, 1.807) is 0 Å². The van der Waals surface area contributed by atoms with E-state index < -0.39 is 5.97 Å². The predicted octanol–water partition coefficient (Wildman–Crippen LogP) is 1.35. The molecule has 0 radical (unpaired) electrons. The summed E-state index contributed by atoms with van der Waals surface area (Å²) in [6.07, 6.45) is 1.43. The summed E-state index contributed by atoms with van der Waals surface area (Å²) in [5, 5.41) is 8.78. The SMILES string of the molecule is CCC1COC(C)CN1C(C)CC(=O)O. The van der Waals surface area contributed by atoms with E-state index in [9.17, 15) is 4.79 Å². The predicted molar refractivity (Wildman–Crippen MR) is 57.9 cm³/mol. The van der Waals surface area contributed by atoms with Crippen molar-refractivity contribution in [1.29, 1.82) is 0 Å². The highest BCUT2D eigenvalue weighted by Crippen LogP contribution is 2.18. The van der Waals surface area contributed by atoms with Crippen molar-refractivity contribution in [2.45, 2.75) is 51.8 Å². The molecule has 1 saturated heterocycles. The zero-order valence-corrected chi connectivity index (χ0v) is 9.77. The van der Waals surface area contributed by atoms with Crippen molar-refractivity contribution >= 4 is 5.97 Å². The number of carboxylic acids is 1. The van der Waals surface area contributed by atoms with Crippen molar-refractivity contribution < 1.29 is 14.6 Å². The highest BCUT2D eigenvalue weighted by molar-refractivity contribution is 5.67. The smallest absolute Gasteiger partial charge is 0.304 e. The Morgan fingerprint density at radius 1 is 1.67 bits per heavy atom. The van der Waals surface area contributed by atoms with Crippen LogP contribution < -0.4 is 0 Å². The molecular formula is C11H21NO3. The van der Waals surface area contributed by atoms with Gasteiger partial charge in [0.05, 0.1) is 19.1 Å². The molecule has 0 aliphatic carbocycles. The zero-order chi connectivity index (χ0) is 11.4. The summed E-state index contributed by atoms with van der Waals surface area (Å²) in [5.41, 5.74) is 0. The van der Waals surface area contributed by atoms with Crippen molar-refractivity contribution in [3.63, 3.8) is 0 Å². The summed E-state index contributed by atoms with van der Waals surface area (Å²) in [6, 6.07) is 0.467. The van der Waals surface area contributed by atoms with Gasteiger partial charge in [-0.25, -0.2) is 0 Å². The molecule has 0 saturated carbocycles. The first kappa shape index (κ1) is 12.5. The van der Waals surface area contributed by atoms with E-state index in [1.807, 2.05) is 13.8 Å². The molecule has 4 nitrogen and oxygen atoms in total. The van der Waals surface area contributed by atoms with Crippen molar-refractivity contribution in [3.8, 4) is 0 Å². The number of rotatable bonds is 4. The molecule has 0 aromatic heterocycles. The molecule has 1 heterocycles. The van der Waals surface area contributed by atoms with Gasteiger partial charge in [0.2, 0.25) is 0 Å². The minimum Gasteiger partial charge on any atom is -0.481 e. The molecule has 0 aromatic carbocycles. The number of nitrogens with zero attached hydrogens (tertiary/aromatic N) is 1. The van der Waals surface area contributed by atoms with Gasteiger partial charge in [0, 0.05) is 18.6 Å². The largest absolute Gasteiger partial charge is 0.481 e. The second-order valence-electron chi connectivity index (χ2n) is 4.35. The quantitative estimate of drug-likeness (QED) is 0.769. The molecule has 15 heavy (non-hydrogen) atoms. The average molecular weight is 215 g/mol. The molecule has 0 aromatic rings. The maximum atomic E-state index is 10.7. The average Bonchev–Trinajstić information content (AvgIpc) is 2.16. The zero-order valence-electron chi connectivity index (χ0n) is 9.77. The minimum atomic E-state index is -0.725. The Hall–Kier alpha value is -0.610. The lowest BCUT2D eigenvalue weighted by atomic mass is 10.1. The molecule has 4 heteroatoms. The first-order chi connectivity index (χ1) is 7.04. The van der Waals surface area contributed by atoms with Gasteiger partial charge in [-0.3, -0.25) is 9.69 Å². The van der Waals surface area contributed by atoms with Crippen LogP contribution in [-0.2, 0) is 9.53 Å². The monoisotopic (exact) mass is 215 g/mol. The Balaban J connectivity index is 2.57. The van der Waals surface area contributed by atoms with Crippen LogP contribution in [0, 0.1) is 0 Å². The first-order valence-electron chi connectivity index (χ1n) is 5.63. The summed E-state index contributed by atoms with van der Waals surface area (Å²) in [5.74, 6) is -0.725. The van der Waals surface area contributed by atoms with Gasteiger partial charge in [-0.15, -0.1) is 0 Å². The third-order valence-electron chi connectivity index (χ3n) is 3.02. The second kappa shape index (κ2) is 5.47. The third-order valence-corrected chi connectivity index (χ3v) is 3.02. The van der Waals surface area contributed by atoms with E-state index in [4.69, 9.17) is 9.84 Å². The fraction of sp³-hybridized carbons (Fsp3) is 0.909. The van der Waals surface area contributed by atoms with Crippen LogP contribution in [0.1, 0.15) is 33.6 Å². The van der Waals surface area contributed by atoms with Gasteiger partial charge in [-0.05, 0) is 20.3 Å². The molecular weight excluding hydrogens is 194 g/mol. The lowest BCUT2D eigenvalue weighted by molar-refractivity contribution is -0.140. The lowest BCUT2D eigenvalue weighted by Crippen LogP contribution is -2.52. The summed E-state index contributed by atoms with van der Waals surface area (Å²) in [7, 11) is 0. The molecule has 3 atom stereocenters. The Morgan fingerprint density at radius 3 is 2.87 bits per heavy atom. The summed E-state index contributed by atoms with van der Waals surface area (Å²) < 4.78 is 5.58. The van der Waals surface area contributed by atoms with Gasteiger partial charge >= 0.3 is 5.97 Å². The number of aliphatic carboxylic acids is 1. The number of hydrogen-bond acceptors (Lipinski definition) is 3. The minimum absolute atomic E-state index is 0.0961. The Labute approximate surface area is 91.2 Å². The Bertz CT molecular complexity index is 220. The van der Waals surface area contributed by atoms with E-state index in [1.165, 1.54) is 0 Å². The first-order valence-corrected chi connectivity index (χ1v) is 5.63. The van der Waals surface area contributed by atoms with Crippen LogP contribution in [-0.4, -0.2) is 47.3 Å². The number of carboxylic acid groups (broad SMARTS) is 1. The Morgan fingerprint density at radius 2 is 2.33 bits per heavy atom. The fourth-order valence-corrected chi connectivity index (χ4v) is 2.13. The van der Waals surface area contributed by atoms with Crippen LogP contribution in [0.3, 0.4) is 0 Å². The van der Waals surface area contributed by atoms with E-state index in [0.717, 1.165) is 19.6 Å². The molecule has 0 bridgehead atoms. The number of morpholine rings is 1. The van der Waals surface area contributed by atoms with Gasteiger partial charge in [0.25, 0.3) is 0 Å². The van der Waals surface area contributed by atoms with Gasteiger partial charge < -0.3 is 9.84 Å². The maximum absolute atomic E-state index is 10.7. The fourth-order valence-electron chi connectivity index (χ4n) is 2.13. The Kier molecular flexibility index (Phi) is 4.54. The highest BCUT2D eigenvalue weighted by Gasteiger charge is 2.29. The van der Waals surface area contributed by atoms with Crippen LogP contribution in [0.4, 0.5) is 0 Å². The molecule has 1 rings (SSSR count). The number of hydrogen-bond donors (Lipinski definition) is 1. The number of carbonyl (C=O) groups is 1. The van der Waals surface area contributed by atoms with Gasteiger partial charge in [0.1, 0.15) is 0 Å². The van der Waals surface area contributed by atoms with E-state index in [0.29, 0.717) is 6.04 Å². The third kappa shape index (κ3) is 3.47. The van der Waals surface area contributed by atoms with Gasteiger partial charge in [0.15, 0.2) is 0 Å². The highest BCUT2D eigenvalue weighted by atomic mass is 16.5. The van der Waals surface area contributed by atoms with E-state index in [-0.39, 0.29) is 18.6 Å². The normalized spacial score (nSPS) is 30.1. The van der Waals surface area contributed by atoms with Crippen molar-refractivity contribution in [2.24, 2.45) is 0 Å². The van der Waals surface area contributed by atoms with Crippen LogP contribution in [0.2, 0.25) is 0 Å². The van der Waals surface area contributed by atoms with E-state index >= 15 is 0 Å². The van der Waals surface area contributed by atoms with Crippen molar-refractivity contribution in [2.75, 3.05) is 13.2 Å². The van der Waals surface area contributed by atoms with Crippen LogP contribution >= 0.6 is 0 Å². The second-order valence-corrected chi connectivity index (χ2v) is 4.35. The van der Waals surface area contributed by atoms with Crippen LogP contribution in [0.5, 0.6) is 0 Å². The van der Waals surface area contributed by atoms with Crippen LogP contribution in [0.25, 0.3) is 0 Å². The van der Waals surface area contributed by atoms with Gasteiger partial charge in [-0.2, -0.15) is 0 Å². The molecule has 88 valence electrons. The van der Waals surface area contributed by atoms with Crippen LogP contribution in [0.15, 0.2) is 0 Å². The van der Waals surface area contributed by atoms with Gasteiger partial charge in [-0.1, -0.05) is 6.92 Å². The summed E-state index contributed by atoms with van der Waals surface area (Å²) in [4.78, 5) is 12.9. The van der Waals surface area contributed by atoms with Crippen molar-refractivity contribution in [1.82, 2.24) is 4.90 Å². The molecule has 0 spiro atoms. The van der Waals surface area contributed by atoms with E-state index in [2.05, 4.69) is 11.8 Å². The number of ether oxygens (including phenoxy) is 1. The molecule has 1 aliphatic rings. The summed E-state index contributed by atoms with van der Waals surface area (Å²) >= 11 is 0. The molecule has 1 N–H and O–H groups in total. The maximum Gasteiger partial charge on any atom is 0.304 e. The van der Waals surface area contributed by atoms with Crippen molar-refractivity contribution in [3.05, 3.63) is 0 Å². The molecule has 3 unspecified atom stereocenters.